The number of hydrogen-bond acceptors (Lipinski definition) is 4. The molecule has 1 atom stereocenters. The van der Waals surface area contributed by atoms with Gasteiger partial charge in [0.1, 0.15) is 17.1 Å². The Morgan fingerprint density at radius 1 is 1.09 bits per heavy atom. The number of hydrogen-bond donors (Lipinski definition) is 0. The molecule has 1 unspecified atom stereocenters. The summed E-state index contributed by atoms with van der Waals surface area (Å²) < 4.78 is 12.5. The first kappa shape index (κ1) is 22.4. The van der Waals surface area contributed by atoms with Crippen LogP contribution < -0.4 is 9.47 Å². The predicted molar refractivity (Wildman–Crippen MR) is 125 cm³/mol. The van der Waals surface area contributed by atoms with Crippen molar-refractivity contribution in [1.29, 1.82) is 0 Å². The highest BCUT2D eigenvalue weighted by Crippen LogP contribution is 2.41. The second kappa shape index (κ2) is 8.61. The molecule has 0 saturated carbocycles. The molecule has 170 valence electrons. The summed E-state index contributed by atoms with van der Waals surface area (Å²) in [5.41, 5.74) is 3.34. The molecule has 2 aliphatic rings. The lowest BCUT2D eigenvalue weighted by atomic mass is 9.81. The third kappa shape index (κ3) is 4.25. The number of Topliss-reactive ketones (excluding diaryl/α,β-unsaturated/α-hetero) is 1. The molecule has 0 N–H and O–H groups in total. The van der Waals surface area contributed by atoms with Crippen molar-refractivity contribution in [2.45, 2.75) is 71.5 Å². The van der Waals surface area contributed by atoms with E-state index in [1.165, 1.54) is 0 Å². The molecule has 32 heavy (non-hydrogen) atoms. The summed E-state index contributed by atoms with van der Waals surface area (Å²) in [5, 5.41) is 0. The third-order valence-corrected chi connectivity index (χ3v) is 6.70. The number of amides is 1. The van der Waals surface area contributed by atoms with Crippen molar-refractivity contribution in [1.82, 2.24) is 4.90 Å². The Morgan fingerprint density at radius 2 is 1.78 bits per heavy atom. The van der Waals surface area contributed by atoms with Crippen molar-refractivity contribution < 1.29 is 19.1 Å². The minimum Gasteiger partial charge on any atom is -0.486 e. The van der Waals surface area contributed by atoms with Crippen molar-refractivity contribution in [2.75, 3.05) is 13.1 Å². The van der Waals surface area contributed by atoms with Gasteiger partial charge in [-0.2, -0.15) is 0 Å². The highest BCUT2D eigenvalue weighted by molar-refractivity contribution is 6.01. The highest BCUT2D eigenvalue weighted by Gasteiger charge is 2.44. The van der Waals surface area contributed by atoms with Crippen LogP contribution in [0.25, 0.3) is 0 Å². The van der Waals surface area contributed by atoms with E-state index in [1.807, 2.05) is 56.0 Å². The van der Waals surface area contributed by atoms with Gasteiger partial charge < -0.3 is 14.4 Å². The van der Waals surface area contributed by atoms with E-state index in [1.54, 1.807) is 0 Å². The molecule has 5 heteroatoms. The molecule has 5 nitrogen and oxygen atoms in total. The van der Waals surface area contributed by atoms with Crippen molar-refractivity contribution in [3.05, 3.63) is 58.7 Å². The van der Waals surface area contributed by atoms with Crippen LogP contribution >= 0.6 is 0 Å². The summed E-state index contributed by atoms with van der Waals surface area (Å²) in [4.78, 5) is 27.8. The smallest absolute Gasteiger partial charge is 0.263 e. The average molecular weight is 436 g/mol. The van der Waals surface area contributed by atoms with E-state index in [4.69, 9.17) is 9.47 Å². The van der Waals surface area contributed by atoms with Crippen LogP contribution in [0.5, 0.6) is 11.5 Å². The molecule has 0 aromatic heterocycles. The lowest BCUT2D eigenvalue weighted by Crippen LogP contribution is -2.54. The number of nitrogens with zero attached hydrogens (tertiary/aromatic N) is 1. The molecule has 1 spiro atoms. The van der Waals surface area contributed by atoms with E-state index in [-0.39, 0.29) is 11.7 Å². The number of carbonyl (C=O) groups excluding carboxylic acids is 2. The SMILES string of the molecule is Cc1cc(C)c2c(c1)C(=O)CC1(CCN(C(=O)C(C)Oc3ccccc3C(C)C)CC1)O2. The van der Waals surface area contributed by atoms with E-state index in [2.05, 4.69) is 19.9 Å². The number of fused-ring (bicyclic) bond motifs is 1. The van der Waals surface area contributed by atoms with Crippen LogP contribution in [0.1, 0.15) is 73.0 Å². The average Bonchev–Trinajstić information content (AvgIpc) is 2.75. The normalized spacial score (nSPS) is 18.3. The van der Waals surface area contributed by atoms with Crippen LogP contribution in [-0.2, 0) is 4.79 Å². The van der Waals surface area contributed by atoms with E-state index in [0.29, 0.717) is 49.6 Å². The van der Waals surface area contributed by atoms with Gasteiger partial charge in [-0.1, -0.05) is 38.1 Å². The predicted octanol–water partition coefficient (Wildman–Crippen LogP) is 5.22. The first-order chi connectivity index (χ1) is 15.2. The van der Waals surface area contributed by atoms with Gasteiger partial charge in [-0.25, -0.2) is 0 Å². The topological polar surface area (TPSA) is 55.8 Å². The van der Waals surface area contributed by atoms with E-state index in [0.717, 1.165) is 22.4 Å². The summed E-state index contributed by atoms with van der Waals surface area (Å²) in [6, 6.07) is 11.9. The van der Waals surface area contributed by atoms with Crippen LogP contribution in [0.3, 0.4) is 0 Å². The van der Waals surface area contributed by atoms with Crippen molar-refractivity contribution in [3.8, 4) is 11.5 Å². The van der Waals surface area contributed by atoms with Gasteiger partial charge in [-0.3, -0.25) is 9.59 Å². The zero-order chi connectivity index (χ0) is 23.0. The maximum atomic E-state index is 13.1. The van der Waals surface area contributed by atoms with Crippen molar-refractivity contribution >= 4 is 11.7 Å². The largest absolute Gasteiger partial charge is 0.486 e. The summed E-state index contributed by atoms with van der Waals surface area (Å²) in [5.74, 6) is 1.92. The number of benzene rings is 2. The van der Waals surface area contributed by atoms with Crippen LogP contribution in [0.2, 0.25) is 0 Å². The van der Waals surface area contributed by atoms with Crippen LogP contribution in [0.4, 0.5) is 0 Å². The summed E-state index contributed by atoms with van der Waals surface area (Å²) in [7, 11) is 0. The summed E-state index contributed by atoms with van der Waals surface area (Å²) in [6.45, 7) is 11.2. The zero-order valence-electron chi connectivity index (χ0n) is 19.7. The Bertz CT molecular complexity index is 1030. The van der Waals surface area contributed by atoms with Crippen LogP contribution in [0.15, 0.2) is 36.4 Å². The van der Waals surface area contributed by atoms with Gasteiger partial charge in [0, 0.05) is 25.9 Å². The van der Waals surface area contributed by atoms with Crippen LogP contribution in [-0.4, -0.2) is 41.4 Å². The Labute approximate surface area is 190 Å². The molecular formula is C27H33NO4. The van der Waals surface area contributed by atoms with Gasteiger partial charge in [0.15, 0.2) is 11.9 Å². The fourth-order valence-corrected chi connectivity index (χ4v) is 4.91. The van der Waals surface area contributed by atoms with E-state index >= 15 is 0 Å². The molecule has 1 amide bonds. The maximum absolute atomic E-state index is 13.1. The first-order valence-electron chi connectivity index (χ1n) is 11.6. The number of aryl methyl sites for hydroxylation is 2. The van der Waals surface area contributed by atoms with Gasteiger partial charge in [0.05, 0.1) is 12.0 Å². The van der Waals surface area contributed by atoms with E-state index < -0.39 is 11.7 Å². The zero-order valence-corrected chi connectivity index (χ0v) is 19.7. The summed E-state index contributed by atoms with van der Waals surface area (Å²) >= 11 is 0. The molecule has 2 heterocycles. The second-order valence-corrected chi connectivity index (χ2v) is 9.62. The molecule has 0 aliphatic carbocycles. The van der Waals surface area contributed by atoms with Gasteiger partial charge in [0.2, 0.25) is 0 Å². The Kier molecular flexibility index (Phi) is 6.02. The molecule has 1 saturated heterocycles. The molecule has 0 bridgehead atoms. The number of ketones is 1. The quantitative estimate of drug-likeness (QED) is 0.661. The molecular weight excluding hydrogens is 402 g/mol. The number of rotatable bonds is 4. The van der Waals surface area contributed by atoms with Gasteiger partial charge in [-0.05, 0) is 55.5 Å². The number of piperidine rings is 1. The van der Waals surface area contributed by atoms with Gasteiger partial charge in [-0.15, -0.1) is 0 Å². The fourth-order valence-electron chi connectivity index (χ4n) is 4.91. The Morgan fingerprint density at radius 3 is 2.47 bits per heavy atom. The monoisotopic (exact) mass is 435 g/mol. The maximum Gasteiger partial charge on any atom is 0.263 e. The summed E-state index contributed by atoms with van der Waals surface area (Å²) in [6.07, 6.45) is 1.10. The van der Waals surface area contributed by atoms with Crippen LogP contribution in [0, 0.1) is 13.8 Å². The minimum absolute atomic E-state index is 0.0206. The molecule has 2 aromatic carbocycles. The third-order valence-electron chi connectivity index (χ3n) is 6.70. The lowest BCUT2D eigenvalue weighted by Gasteiger charge is -2.44. The molecule has 2 aliphatic heterocycles. The Balaban J connectivity index is 1.42. The lowest BCUT2D eigenvalue weighted by molar-refractivity contribution is -0.141. The van der Waals surface area contributed by atoms with Gasteiger partial charge in [0.25, 0.3) is 5.91 Å². The second-order valence-electron chi connectivity index (χ2n) is 9.62. The number of ether oxygens (including phenoxy) is 2. The van der Waals surface area contributed by atoms with Crippen molar-refractivity contribution in [2.24, 2.45) is 0 Å². The number of likely N-dealkylation sites (tertiary alicyclic amines) is 1. The first-order valence-corrected chi connectivity index (χ1v) is 11.6. The van der Waals surface area contributed by atoms with Gasteiger partial charge >= 0.3 is 0 Å². The molecule has 4 rings (SSSR count). The number of carbonyl (C=O) groups is 2. The minimum atomic E-state index is -0.566. The fraction of sp³-hybridized carbons (Fsp3) is 0.481. The molecule has 0 radical (unpaired) electrons. The van der Waals surface area contributed by atoms with E-state index in [9.17, 15) is 9.59 Å². The highest BCUT2D eigenvalue weighted by atomic mass is 16.5. The Hall–Kier alpha value is -2.82. The standard InChI is InChI=1S/C27H33NO4/c1-17(2)21-8-6-7-9-24(21)31-20(5)26(30)28-12-10-27(11-13-28)16-23(29)22-15-18(3)14-19(4)25(22)32-27/h6-9,14-15,17,20H,10-13,16H2,1-5H3. The molecule has 1 fully saturated rings. The molecule has 2 aromatic rings. The van der Waals surface area contributed by atoms with Crippen molar-refractivity contribution in [3.63, 3.8) is 0 Å². The number of para-hydroxylation sites is 1.